The molecule has 1 aliphatic rings. The SMILES string of the molecule is CN(Cc1cc(N)cc(Cl)c1)C1CCC(C)(C)CC1. The Morgan fingerprint density at radius 3 is 2.47 bits per heavy atom. The number of hydrogen-bond acceptors (Lipinski definition) is 2. The zero-order chi connectivity index (χ0) is 14.0. The van der Waals surface area contributed by atoms with Gasteiger partial charge >= 0.3 is 0 Å². The lowest BCUT2D eigenvalue weighted by Gasteiger charge is -2.38. The highest BCUT2D eigenvalue weighted by molar-refractivity contribution is 6.30. The average molecular weight is 281 g/mol. The number of halogens is 1. The van der Waals surface area contributed by atoms with Crippen LogP contribution in [0.1, 0.15) is 45.1 Å². The minimum atomic E-state index is 0.526. The van der Waals surface area contributed by atoms with E-state index in [1.807, 2.05) is 12.1 Å². The smallest absolute Gasteiger partial charge is 0.0429 e. The van der Waals surface area contributed by atoms with E-state index in [-0.39, 0.29) is 0 Å². The predicted octanol–water partition coefficient (Wildman–Crippen LogP) is 4.32. The van der Waals surface area contributed by atoms with Crippen molar-refractivity contribution in [3.63, 3.8) is 0 Å². The van der Waals surface area contributed by atoms with Crippen LogP contribution in [0.15, 0.2) is 18.2 Å². The van der Waals surface area contributed by atoms with Crippen molar-refractivity contribution in [3.8, 4) is 0 Å². The minimum Gasteiger partial charge on any atom is -0.399 e. The van der Waals surface area contributed by atoms with Gasteiger partial charge in [-0.2, -0.15) is 0 Å². The number of nitrogen functional groups attached to an aromatic ring is 1. The Labute approximate surface area is 121 Å². The molecule has 19 heavy (non-hydrogen) atoms. The van der Waals surface area contributed by atoms with Gasteiger partial charge in [0.05, 0.1) is 0 Å². The summed E-state index contributed by atoms with van der Waals surface area (Å²) in [7, 11) is 2.21. The quantitative estimate of drug-likeness (QED) is 0.836. The van der Waals surface area contributed by atoms with Crippen LogP contribution in [-0.4, -0.2) is 18.0 Å². The first-order valence-corrected chi connectivity index (χ1v) is 7.49. The van der Waals surface area contributed by atoms with E-state index in [4.69, 9.17) is 17.3 Å². The molecule has 0 unspecified atom stereocenters. The maximum Gasteiger partial charge on any atom is 0.0429 e. The molecule has 0 saturated heterocycles. The summed E-state index contributed by atoms with van der Waals surface area (Å²) < 4.78 is 0. The summed E-state index contributed by atoms with van der Waals surface area (Å²) in [6, 6.07) is 6.53. The van der Waals surface area contributed by atoms with E-state index in [2.05, 4.69) is 25.8 Å². The third-order valence-corrected chi connectivity index (χ3v) is 4.56. The van der Waals surface area contributed by atoms with Crippen molar-refractivity contribution in [2.45, 2.75) is 52.1 Å². The molecule has 2 rings (SSSR count). The molecule has 0 aliphatic heterocycles. The molecule has 3 heteroatoms. The molecule has 0 bridgehead atoms. The molecule has 2 nitrogen and oxygen atoms in total. The van der Waals surface area contributed by atoms with Crippen LogP contribution < -0.4 is 5.73 Å². The second kappa shape index (κ2) is 5.72. The Bertz CT molecular complexity index is 412. The lowest BCUT2D eigenvalue weighted by Crippen LogP contribution is -2.36. The van der Waals surface area contributed by atoms with Crippen molar-refractivity contribution < 1.29 is 0 Å². The molecular weight excluding hydrogens is 256 g/mol. The van der Waals surface area contributed by atoms with Crippen LogP contribution in [0.2, 0.25) is 5.02 Å². The van der Waals surface area contributed by atoms with Gasteiger partial charge in [-0.25, -0.2) is 0 Å². The van der Waals surface area contributed by atoms with Gasteiger partial charge in [-0.3, -0.25) is 4.90 Å². The summed E-state index contributed by atoms with van der Waals surface area (Å²) in [5, 5.41) is 0.730. The fourth-order valence-electron chi connectivity index (χ4n) is 3.01. The summed E-state index contributed by atoms with van der Waals surface area (Å²) in [6.07, 6.45) is 5.22. The first-order valence-electron chi connectivity index (χ1n) is 7.11. The average Bonchev–Trinajstić information content (AvgIpc) is 2.26. The van der Waals surface area contributed by atoms with Crippen molar-refractivity contribution in [3.05, 3.63) is 28.8 Å². The largest absolute Gasteiger partial charge is 0.399 e. The molecule has 1 aliphatic carbocycles. The lowest BCUT2D eigenvalue weighted by molar-refractivity contribution is 0.123. The Kier molecular flexibility index (Phi) is 4.42. The highest BCUT2D eigenvalue weighted by Gasteiger charge is 2.28. The van der Waals surface area contributed by atoms with Crippen LogP contribution >= 0.6 is 11.6 Å². The zero-order valence-corrected chi connectivity index (χ0v) is 13.0. The van der Waals surface area contributed by atoms with E-state index in [0.29, 0.717) is 11.5 Å². The summed E-state index contributed by atoms with van der Waals surface area (Å²) in [5.74, 6) is 0. The maximum absolute atomic E-state index is 6.06. The molecule has 0 atom stereocenters. The predicted molar refractivity (Wildman–Crippen MR) is 83.4 cm³/mol. The molecule has 0 radical (unpaired) electrons. The lowest BCUT2D eigenvalue weighted by atomic mass is 9.75. The van der Waals surface area contributed by atoms with Crippen LogP contribution in [0.4, 0.5) is 5.69 Å². The van der Waals surface area contributed by atoms with Crippen molar-refractivity contribution in [1.29, 1.82) is 0 Å². The topological polar surface area (TPSA) is 29.3 Å². The van der Waals surface area contributed by atoms with Gasteiger partial charge in [-0.1, -0.05) is 25.4 Å². The van der Waals surface area contributed by atoms with Crippen LogP contribution in [0.25, 0.3) is 0 Å². The molecule has 1 aromatic rings. The van der Waals surface area contributed by atoms with Crippen molar-refractivity contribution >= 4 is 17.3 Å². The Morgan fingerprint density at radius 2 is 1.89 bits per heavy atom. The Hall–Kier alpha value is -0.730. The fraction of sp³-hybridized carbons (Fsp3) is 0.625. The number of hydrogen-bond donors (Lipinski definition) is 1. The highest BCUT2D eigenvalue weighted by atomic mass is 35.5. The zero-order valence-electron chi connectivity index (χ0n) is 12.2. The van der Waals surface area contributed by atoms with Crippen LogP contribution in [0.5, 0.6) is 0 Å². The van der Waals surface area contributed by atoms with E-state index in [1.54, 1.807) is 6.07 Å². The van der Waals surface area contributed by atoms with Crippen LogP contribution in [-0.2, 0) is 6.54 Å². The monoisotopic (exact) mass is 280 g/mol. The third kappa shape index (κ3) is 4.12. The van der Waals surface area contributed by atoms with Gasteiger partial charge in [0, 0.05) is 23.3 Å². The molecule has 0 spiro atoms. The molecule has 2 N–H and O–H groups in total. The molecule has 0 amide bonds. The van der Waals surface area contributed by atoms with Gasteiger partial charge in [0.15, 0.2) is 0 Å². The van der Waals surface area contributed by atoms with Gasteiger partial charge in [0.1, 0.15) is 0 Å². The highest BCUT2D eigenvalue weighted by Crippen LogP contribution is 2.37. The van der Waals surface area contributed by atoms with Gasteiger partial charge in [-0.15, -0.1) is 0 Å². The van der Waals surface area contributed by atoms with E-state index in [9.17, 15) is 0 Å². The van der Waals surface area contributed by atoms with E-state index in [1.165, 1.54) is 31.2 Å². The van der Waals surface area contributed by atoms with Gasteiger partial charge in [0.25, 0.3) is 0 Å². The van der Waals surface area contributed by atoms with Crippen LogP contribution in [0, 0.1) is 5.41 Å². The number of benzene rings is 1. The molecule has 0 aromatic heterocycles. The second-order valence-corrected chi connectivity index (χ2v) is 7.14. The summed E-state index contributed by atoms with van der Waals surface area (Å²) >= 11 is 6.06. The van der Waals surface area contributed by atoms with E-state index in [0.717, 1.165) is 17.3 Å². The van der Waals surface area contributed by atoms with Crippen molar-refractivity contribution in [1.82, 2.24) is 4.90 Å². The second-order valence-electron chi connectivity index (χ2n) is 6.70. The first-order chi connectivity index (χ1) is 8.85. The standard InChI is InChI=1S/C16H25ClN2/c1-16(2)6-4-15(5-7-16)19(3)11-12-8-13(17)10-14(18)9-12/h8-10,15H,4-7,11,18H2,1-3H3. The fourth-order valence-corrected chi connectivity index (χ4v) is 3.27. The maximum atomic E-state index is 6.06. The molecular formula is C16H25ClN2. The molecule has 1 fully saturated rings. The molecule has 1 aromatic carbocycles. The number of nitrogens with two attached hydrogens (primary N) is 1. The first kappa shape index (κ1) is 14.7. The molecule has 1 saturated carbocycles. The number of rotatable bonds is 3. The van der Waals surface area contributed by atoms with Crippen LogP contribution in [0.3, 0.4) is 0 Å². The summed E-state index contributed by atoms with van der Waals surface area (Å²) in [6.45, 7) is 5.68. The van der Waals surface area contributed by atoms with Crippen molar-refractivity contribution in [2.75, 3.05) is 12.8 Å². The third-order valence-electron chi connectivity index (χ3n) is 4.34. The van der Waals surface area contributed by atoms with E-state index < -0.39 is 0 Å². The molecule has 106 valence electrons. The Balaban J connectivity index is 1.96. The minimum absolute atomic E-state index is 0.526. The Morgan fingerprint density at radius 1 is 1.26 bits per heavy atom. The number of nitrogens with zero attached hydrogens (tertiary/aromatic N) is 1. The molecule has 0 heterocycles. The van der Waals surface area contributed by atoms with Gasteiger partial charge in [-0.05, 0) is 61.9 Å². The van der Waals surface area contributed by atoms with Gasteiger partial charge < -0.3 is 5.73 Å². The number of anilines is 1. The van der Waals surface area contributed by atoms with E-state index >= 15 is 0 Å². The van der Waals surface area contributed by atoms with Gasteiger partial charge in [0.2, 0.25) is 0 Å². The summed E-state index contributed by atoms with van der Waals surface area (Å²) in [5.41, 5.74) is 8.33. The normalized spacial score (nSPS) is 19.8. The van der Waals surface area contributed by atoms with Crippen molar-refractivity contribution in [2.24, 2.45) is 5.41 Å². The summed E-state index contributed by atoms with van der Waals surface area (Å²) in [4.78, 5) is 2.44.